The van der Waals surface area contributed by atoms with Crippen LogP contribution in [0.25, 0.3) is 0 Å². The zero-order chi connectivity index (χ0) is 11.3. The molecule has 0 saturated carbocycles. The van der Waals surface area contributed by atoms with Crippen molar-refractivity contribution in [3.05, 3.63) is 24.3 Å². The summed E-state index contributed by atoms with van der Waals surface area (Å²) in [4.78, 5) is 13.3. The molecule has 82 valence electrons. The summed E-state index contributed by atoms with van der Waals surface area (Å²) in [6.07, 6.45) is 1.42. The number of rotatable bonds is 4. The lowest BCUT2D eigenvalue weighted by atomic mass is 10.2. The van der Waals surface area contributed by atoms with E-state index >= 15 is 0 Å². The highest BCUT2D eigenvalue weighted by Crippen LogP contribution is 2.26. The van der Waals surface area contributed by atoms with Crippen molar-refractivity contribution in [3.63, 3.8) is 0 Å². The molecule has 0 fully saturated rings. The monoisotopic (exact) mass is 207 g/mol. The van der Waals surface area contributed by atoms with Crippen LogP contribution in [-0.4, -0.2) is 20.1 Å². The van der Waals surface area contributed by atoms with Crippen LogP contribution in [0, 0.1) is 0 Å². The van der Waals surface area contributed by atoms with Crippen LogP contribution in [0.4, 0.5) is 5.69 Å². The van der Waals surface area contributed by atoms with Gasteiger partial charge in [-0.2, -0.15) is 0 Å². The Morgan fingerprint density at radius 1 is 1.40 bits per heavy atom. The van der Waals surface area contributed by atoms with E-state index in [2.05, 4.69) is 0 Å². The van der Waals surface area contributed by atoms with E-state index in [1.54, 1.807) is 19.1 Å². The maximum absolute atomic E-state index is 11.7. The molecule has 0 spiro atoms. The Bertz CT molecular complexity index is 336. The molecule has 0 bridgehead atoms. The van der Waals surface area contributed by atoms with Gasteiger partial charge in [0.1, 0.15) is 5.75 Å². The lowest BCUT2D eigenvalue weighted by molar-refractivity contribution is -0.118. The number of benzene rings is 1. The number of hydrogen-bond donors (Lipinski definition) is 0. The molecule has 15 heavy (non-hydrogen) atoms. The quantitative estimate of drug-likeness (QED) is 0.759. The first-order valence-corrected chi connectivity index (χ1v) is 5.10. The summed E-state index contributed by atoms with van der Waals surface area (Å²) in [6.45, 7) is 1.99. The van der Waals surface area contributed by atoms with E-state index in [1.165, 1.54) is 0 Å². The maximum atomic E-state index is 11.7. The smallest absolute Gasteiger partial charge is 0.226 e. The summed E-state index contributed by atoms with van der Waals surface area (Å²) in [5, 5.41) is 0. The largest absolute Gasteiger partial charge is 0.495 e. The van der Waals surface area contributed by atoms with Gasteiger partial charge in [-0.25, -0.2) is 0 Å². The number of carbonyl (C=O) groups excluding carboxylic acids is 1. The average molecular weight is 207 g/mol. The molecule has 1 aromatic rings. The van der Waals surface area contributed by atoms with Gasteiger partial charge in [-0.05, 0) is 18.6 Å². The van der Waals surface area contributed by atoms with Crippen molar-refractivity contribution < 1.29 is 9.53 Å². The molecule has 0 radical (unpaired) electrons. The van der Waals surface area contributed by atoms with Gasteiger partial charge in [0, 0.05) is 13.5 Å². The summed E-state index contributed by atoms with van der Waals surface area (Å²) >= 11 is 0. The third-order valence-corrected chi connectivity index (χ3v) is 2.28. The Labute approximate surface area is 90.7 Å². The topological polar surface area (TPSA) is 29.5 Å². The third-order valence-electron chi connectivity index (χ3n) is 2.28. The molecule has 0 unspecified atom stereocenters. The molecule has 1 rings (SSSR count). The molecule has 0 aliphatic heterocycles. The normalized spacial score (nSPS) is 9.80. The van der Waals surface area contributed by atoms with Crippen LogP contribution in [0.2, 0.25) is 0 Å². The molecule has 0 heterocycles. The number of para-hydroxylation sites is 2. The summed E-state index contributed by atoms with van der Waals surface area (Å²) in [5.41, 5.74) is 0.818. The summed E-state index contributed by atoms with van der Waals surface area (Å²) in [7, 11) is 3.38. The molecule has 1 amide bonds. The highest BCUT2D eigenvalue weighted by molar-refractivity contribution is 5.94. The number of amides is 1. The van der Waals surface area contributed by atoms with Gasteiger partial charge in [0.05, 0.1) is 12.8 Å². The van der Waals surface area contributed by atoms with Gasteiger partial charge in [0.25, 0.3) is 0 Å². The molecule has 0 aliphatic carbocycles. The molecular weight excluding hydrogens is 190 g/mol. The molecule has 1 aromatic carbocycles. The highest BCUT2D eigenvalue weighted by Gasteiger charge is 2.13. The van der Waals surface area contributed by atoms with Crippen molar-refractivity contribution in [1.29, 1.82) is 0 Å². The van der Waals surface area contributed by atoms with Gasteiger partial charge in [-0.3, -0.25) is 4.79 Å². The number of anilines is 1. The number of carbonyl (C=O) groups is 1. The minimum Gasteiger partial charge on any atom is -0.495 e. The zero-order valence-electron chi connectivity index (χ0n) is 9.49. The van der Waals surface area contributed by atoms with Gasteiger partial charge in [-0.1, -0.05) is 19.1 Å². The van der Waals surface area contributed by atoms with Gasteiger partial charge < -0.3 is 9.64 Å². The number of hydrogen-bond acceptors (Lipinski definition) is 2. The van der Waals surface area contributed by atoms with Crippen molar-refractivity contribution >= 4 is 11.6 Å². The predicted molar refractivity (Wildman–Crippen MR) is 61.3 cm³/mol. The van der Waals surface area contributed by atoms with Gasteiger partial charge in [0.15, 0.2) is 0 Å². The second-order valence-corrected chi connectivity index (χ2v) is 3.37. The molecule has 0 atom stereocenters. The molecule has 0 aliphatic rings. The molecular formula is C12H17NO2. The first-order valence-electron chi connectivity index (χ1n) is 5.10. The summed E-state index contributed by atoms with van der Waals surface area (Å²) in [5.74, 6) is 0.839. The van der Waals surface area contributed by atoms with E-state index in [1.807, 2.05) is 31.2 Å². The van der Waals surface area contributed by atoms with E-state index in [0.717, 1.165) is 17.9 Å². The number of nitrogens with zero attached hydrogens (tertiary/aromatic N) is 1. The van der Waals surface area contributed by atoms with Crippen molar-refractivity contribution in [1.82, 2.24) is 0 Å². The lowest BCUT2D eigenvalue weighted by Gasteiger charge is -2.19. The van der Waals surface area contributed by atoms with Crippen LogP contribution >= 0.6 is 0 Å². The highest BCUT2D eigenvalue weighted by atomic mass is 16.5. The van der Waals surface area contributed by atoms with Crippen LogP contribution in [0.5, 0.6) is 5.75 Å². The van der Waals surface area contributed by atoms with Crippen molar-refractivity contribution in [2.24, 2.45) is 0 Å². The van der Waals surface area contributed by atoms with Crippen molar-refractivity contribution in [2.75, 3.05) is 19.1 Å². The van der Waals surface area contributed by atoms with E-state index in [0.29, 0.717) is 6.42 Å². The van der Waals surface area contributed by atoms with E-state index < -0.39 is 0 Å². The molecule has 0 saturated heterocycles. The van der Waals surface area contributed by atoms with Crippen molar-refractivity contribution in [2.45, 2.75) is 19.8 Å². The fraction of sp³-hybridized carbons (Fsp3) is 0.417. The minimum atomic E-state index is 0.113. The Morgan fingerprint density at radius 3 is 2.67 bits per heavy atom. The predicted octanol–water partition coefficient (Wildman–Crippen LogP) is 2.46. The molecule has 0 N–H and O–H groups in total. The van der Waals surface area contributed by atoms with E-state index in [4.69, 9.17) is 4.74 Å². The Morgan fingerprint density at radius 2 is 2.07 bits per heavy atom. The number of methoxy groups -OCH3 is 1. The fourth-order valence-electron chi connectivity index (χ4n) is 1.42. The average Bonchev–Trinajstić information content (AvgIpc) is 2.28. The van der Waals surface area contributed by atoms with Crippen LogP contribution < -0.4 is 9.64 Å². The van der Waals surface area contributed by atoms with Crippen LogP contribution in [0.1, 0.15) is 19.8 Å². The van der Waals surface area contributed by atoms with E-state index in [9.17, 15) is 4.79 Å². The van der Waals surface area contributed by atoms with Gasteiger partial charge in [0.2, 0.25) is 5.91 Å². The summed E-state index contributed by atoms with van der Waals surface area (Å²) < 4.78 is 5.20. The van der Waals surface area contributed by atoms with E-state index in [-0.39, 0.29) is 5.91 Å². The second-order valence-electron chi connectivity index (χ2n) is 3.37. The lowest BCUT2D eigenvalue weighted by Crippen LogP contribution is -2.26. The Hall–Kier alpha value is -1.51. The maximum Gasteiger partial charge on any atom is 0.226 e. The number of ether oxygens (including phenoxy) is 1. The second kappa shape index (κ2) is 5.39. The van der Waals surface area contributed by atoms with Crippen LogP contribution in [0.3, 0.4) is 0 Å². The summed E-state index contributed by atoms with van der Waals surface area (Å²) in [6, 6.07) is 7.52. The molecule has 3 heteroatoms. The molecule has 0 aromatic heterocycles. The Balaban J connectivity index is 2.89. The minimum absolute atomic E-state index is 0.113. The third kappa shape index (κ3) is 2.72. The van der Waals surface area contributed by atoms with Crippen LogP contribution in [-0.2, 0) is 4.79 Å². The van der Waals surface area contributed by atoms with Crippen LogP contribution in [0.15, 0.2) is 24.3 Å². The fourth-order valence-corrected chi connectivity index (χ4v) is 1.42. The van der Waals surface area contributed by atoms with Crippen molar-refractivity contribution in [3.8, 4) is 5.75 Å². The first kappa shape index (κ1) is 11.6. The molecule has 3 nitrogen and oxygen atoms in total. The van der Waals surface area contributed by atoms with Gasteiger partial charge in [-0.15, -0.1) is 0 Å². The first-order chi connectivity index (χ1) is 7.20. The standard InChI is InChI=1S/C12H17NO2/c1-4-7-12(14)13(2)10-8-5-6-9-11(10)15-3/h5-6,8-9H,4,7H2,1-3H3. The van der Waals surface area contributed by atoms with Gasteiger partial charge >= 0.3 is 0 Å². The Kier molecular flexibility index (Phi) is 4.16. The SMILES string of the molecule is CCCC(=O)N(C)c1ccccc1OC. The zero-order valence-corrected chi connectivity index (χ0v) is 9.49.